The molecule has 0 spiro atoms. The van der Waals surface area contributed by atoms with Crippen LogP contribution in [0.1, 0.15) is 107 Å². The molecule has 0 amide bonds. The smallest absolute Gasteiger partial charge is 0.320 e. The first kappa shape index (κ1) is 30.0. The second kappa shape index (κ2) is 11.0. The molecule has 8 nitrogen and oxygen atoms in total. The SMILES string of the molecule is CCCCC(C(=O)OC1CC(C)(C)N(OC)C(C)(C)C1)C(=O)OC1CC(C)(C)N(OC)C(C)(C)C1. The number of carbonyl (C=O) groups is 2. The van der Waals surface area contributed by atoms with Crippen LogP contribution in [0, 0.1) is 5.92 Å². The van der Waals surface area contributed by atoms with E-state index in [-0.39, 0.29) is 34.4 Å². The largest absolute Gasteiger partial charge is 0.462 e. The summed E-state index contributed by atoms with van der Waals surface area (Å²) in [6.07, 6.45) is 4.00. The van der Waals surface area contributed by atoms with E-state index in [4.69, 9.17) is 19.1 Å². The molecule has 0 aromatic carbocycles. The van der Waals surface area contributed by atoms with Gasteiger partial charge in [-0.15, -0.1) is 0 Å². The van der Waals surface area contributed by atoms with Gasteiger partial charge in [-0.2, -0.15) is 10.1 Å². The third-order valence-corrected chi connectivity index (χ3v) is 7.45. The average molecular weight is 499 g/mol. The fourth-order valence-electron chi connectivity index (χ4n) is 6.73. The van der Waals surface area contributed by atoms with Crippen molar-refractivity contribution in [3.8, 4) is 0 Å². The second-order valence-electron chi connectivity index (χ2n) is 12.8. The molecule has 0 radical (unpaired) electrons. The monoisotopic (exact) mass is 498 g/mol. The number of nitrogens with zero attached hydrogens (tertiary/aromatic N) is 2. The summed E-state index contributed by atoms with van der Waals surface area (Å²) in [5.74, 6) is -1.86. The third kappa shape index (κ3) is 6.96. The lowest BCUT2D eigenvalue weighted by Crippen LogP contribution is -2.62. The lowest BCUT2D eigenvalue weighted by Gasteiger charge is -2.53. The normalized spacial score (nSPS) is 24.9. The second-order valence-corrected chi connectivity index (χ2v) is 12.8. The molecule has 0 saturated carbocycles. The lowest BCUT2D eigenvalue weighted by molar-refractivity contribution is -0.279. The van der Waals surface area contributed by atoms with Gasteiger partial charge in [0.15, 0.2) is 5.92 Å². The molecule has 8 heteroatoms. The van der Waals surface area contributed by atoms with Gasteiger partial charge in [0.1, 0.15) is 12.2 Å². The Morgan fingerprint density at radius 1 is 0.714 bits per heavy atom. The van der Waals surface area contributed by atoms with E-state index in [1.807, 2.05) is 17.1 Å². The predicted octanol–water partition coefficient (Wildman–Crippen LogP) is 5.05. The summed E-state index contributed by atoms with van der Waals surface area (Å²) >= 11 is 0. The molecule has 204 valence electrons. The Labute approximate surface area is 212 Å². The standard InChI is InChI=1S/C27H50N2O6/c1-12-13-14-21(22(30)34-19-15-24(2,3)28(32-10)25(4,5)16-19)23(31)35-20-17-26(6,7)29(33-11)27(8,9)18-20/h19-21H,12-18H2,1-11H3. The van der Waals surface area contributed by atoms with E-state index in [2.05, 4.69) is 55.4 Å². The van der Waals surface area contributed by atoms with Gasteiger partial charge in [-0.3, -0.25) is 9.59 Å². The van der Waals surface area contributed by atoms with E-state index in [0.717, 1.165) is 12.8 Å². The molecule has 2 fully saturated rings. The van der Waals surface area contributed by atoms with Crippen LogP contribution in [0.4, 0.5) is 0 Å². The van der Waals surface area contributed by atoms with Crippen molar-refractivity contribution in [1.82, 2.24) is 10.1 Å². The van der Waals surface area contributed by atoms with Crippen LogP contribution in [0.15, 0.2) is 0 Å². The number of carbonyl (C=O) groups excluding carboxylic acids is 2. The van der Waals surface area contributed by atoms with E-state index in [9.17, 15) is 9.59 Å². The summed E-state index contributed by atoms with van der Waals surface area (Å²) in [6.45, 7) is 18.7. The van der Waals surface area contributed by atoms with Crippen molar-refractivity contribution in [2.24, 2.45) is 5.92 Å². The number of ether oxygens (including phenoxy) is 2. The van der Waals surface area contributed by atoms with Gasteiger partial charge in [-0.05, 0) is 61.8 Å². The van der Waals surface area contributed by atoms with E-state index >= 15 is 0 Å². The van der Waals surface area contributed by atoms with Crippen molar-refractivity contribution >= 4 is 11.9 Å². The minimum atomic E-state index is -0.909. The van der Waals surface area contributed by atoms with Gasteiger partial charge >= 0.3 is 11.9 Å². The molecule has 2 saturated heterocycles. The molecular formula is C27H50N2O6. The van der Waals surface area contributed by atoms with Crippen molar-refractivity contribution in [2.75, 3.05) is 14.2 Å². The molecule has 0 aliphatic carbocycles. The van der Waals surface area contributed by atoms with E-state index in [0.29, 0.717) is 32.1 Å². The third-order valence-electron chi connectivity index (χ3n) is 7.45. The van der Waals surface area contributed by atoms with Crippen LogP contribution in [-0.4, -0.2) is 70.6 Å². The molecule has 2 aliphatic rings. The molecule has 0 aromatic rings. The summed E-state index contributed by atoms with van der Waals surface area (Å²) in [5.41, 5.74) is -1.25. The Kier molecular flexibility index (Phi) is 9.46. The highest BCUT2D eigenvalue weighted by Crippen LogP contribution is 2.41. The molecule has 2 rings (SSSR count). The van der Waals surface area contributed by atoms with Crippen LogP contribution in [0.25, 0.3) is 0 Å². The number of hydroxylamine groups is 4. The first-order chi connectivity index (χ1) is 16.0. The van der Waals surface area contributed by atoms with Gasteiger partial charge in [0.25, 0.3) is 0 Å². The molecule has 2 heterocycles. The molecule has 0 unspecified atom stereocenters. The fraction of sp³-hybridized carbons (Fsp3) is 0.926. The number of esters is 2. The van der Waals surface area contributed by atoms with Gasteiger partial charge in [-0.25, -0.2) is 0 Å². The summed E-state index contributed by atoms with van der Waals surface area (Å²) in [7, 11) is 3.35. The van der Waals surface area contributed by atoms with Crippen LogP contribution in [0.5, 0.6) is 0 Å². The van der Waals surface area contributed by atoms with Crippen LogP contribution in [0.2, 0.25) is 0 Å². The fourth-order valence-corrected chi connectivity index (χ4v) is 6.73. The van der Waals surface area contributed by atoms with Crippen LogP contribution in [-0.2, 0) is 28.7 Å². The highest BCUT2D eigenvalue weighted by atomic mass is 16.7. The van der Waals surface area contributed by atoms with Crippen LogP contribution in [0.3, 0.4) is 0 Å². The maximum atomic E-state index is 13.3. The Morgan fingerprint density at radius 2 is 1.03 bits per heavy atom. The molecule has 2 aliphatic heterocycles. The zero-order valence-corrected chi connectivity index (χ0v) is 24.0. The predicted molar refractivity (Wildman–Crippen MR) is 135 cm³/mol. The number of unbranched alkanes of at least 4 members (excludes halogenated alkanes) is 1. The number of hydrogen-bond acceptors (Lipinski definition) is 8. The Hall–Kier alpha value is -1.22. The van der Waals surface area contributed by atoms with Gasteiger partial charge in [0.05, 0.1) is 14.2 Å². The van der Waals surface area contributed by atoms with Crippen molar-refractivity contribution in [3.63, 3.8) is 0 Å². The quantitative estimate of drug-likeness (QED) is 0.323. The van der Waals surface area contributed by atoms with Gasteiger partial charge in [-0.1, -0.05) is 19.8 Å². The molecule has 0 bridgehead atoms. The molecule has 35 heavy (non-hydrogen) atoms. The summed E-state index contributed by atoms with van der Waals surface area (Å²) in [6, 6.07) is 0. The van der Waals surface area contributed by atoms with Crippen molar-refractivity contribution in [1.29, 1.82) is 0 Å². The minimum Gasteiger partial charge on any atom is -0.462 e. The van der Waals surface area contributed by atoms with Crippen LogP contribution >= 0.6 is 0 Å². The topological polar surface area (TPSA) is 77.5 Å². The van der Waals surface area contributed by atoms with Crippen molar-refractivity contribution in [2.45, 2.75) is 142 Å². The lowest BCUT2D eigenvalue weighted by atomic mass is 9.80. The summed E-state index contributed by atoms with van der Waals surface area (Å²) < 4.78 is 12.0. The molecule has 0 aromatic heterocycles. The van der Waals surface area contributed by atoms with Crippen molar-refractivity contribution < 1.29 is 28.7 Å². The zero-order valence-electron chi connectivity index (χ0n) is 24.0. The Balaban J connectivity index is 2.13. The minimum absolute atomic E-state index is 0.293. The molecular weight excluding hydrogens is 448 g/mol. The first-order valence-electron chi connectivity index (χ1n) is 13.1. The Morgan fingerprint density at radius 3 is 1.29 bits per heavy atom. The van der Waals surface area contributed by atoms with E-state index < -0.39 is 17.9 Å². The Bertz CT molecular complexity index is 654. The first-order valence-corrected chi connectivity index (χ1v) is 13.1. The number of hydrogen-bond donors (Lipinski definition) is 0. The van der Waals surface area contributed by atoms with E-state index in [1.54, 1.807) is 14.2 Å². The number of rotatable bonds is 9. The van der Waals surface area contributed by atoms with Gasteiger partial charge in [0.2, 0.25) is 0 Å². The maximum Gasteiger partial charge on any atom is 0.320 e. The highest BCUT2D eigenvalue weighted by molar-refractivity contribution is 5.95. The highest BCUT2D eigenvalue weighted by Gasteiger charge is 2.50. The summed E-state index contributed by atoms with van der Waals surface area (Å²) in [4.78, 5) is 38.0. The van der Waals surface area contributed by atoms with E-state index in [1.165, 1.54) is 0 Å². The molecule has 0 N–H and O–H groups in total. The molecule has 0 atom stereocenters. The summed E-state index contributed by atoms with van der Waals surface area (Å²) in [5, 5.41) is 3.95. The van der Waals surface area contributed by atoms with Gasteiger partial charge < -0.3 is 19.1 Å². The average Bonchev–Trinajstić information content (AvgIpc) is 2.64. The number of piperidine rings is 2. The zero-order chi connectivity index (χ0) is 26.8. The van der Waals surface area contributed by atoms with Crippen LogP contribution < -0.4 is 0 Å². The van der Waals surface area contributed by atoms with Gasteiger partial charge in [0, 0.05) is 47.8 Å². The maximum absolute atomic E-state index is 13.3. The van der Waals surface area contributed by atoms with Crippen molar-refractivity contribution in [3.05, 3.63) is 0 Å².